The maximum absolute atomic E-state index is 9.19. The number of aliphatic hydroxyl groups excluding tert-OH is 1. The minimum Gasteiger partial charge on any atom is -0.490 e. The van der Waals surface area contributed by atoms with E-state index in [1.807, 2.05) is 0 Å². The summed E-state index contributed by atoms with van der Waals surface area (Å²) >= 11 is 0. The van der Waals surface area contributed by atoms with E-state index in [1.165, 1.54) is 19.3 Å². The van der Waals surface area contributed by atoms with Gasteiger partial charge in [0.05, 0.1) is 12.8 Å². The van der Waals surface area contributed by atoms with Crippen molar-refractivity contribution in [3.05, 3.63) is 24.0 Å². The lowest BCUT2D eigenvalue weighted by atomic mass is 10.0. The summed E-state index contributed by atoms with van der Waals surface area (Å²) in [5, 5.41) is 9.19. The van der Waals surface area contributed by atoms with Gasteiger partial charge < -0.3 is 14.7 Å². The van der Waals surface area contributed by atoms with E-state index < -0.39 is 0 Å². The quantitative estimate of drug-likeness (QED) is 0.859. The van der Waals surface area contributed by atoms with Crippen molar-refractivity contribution in [2.24, 2.45) is 0 Å². The second-order valence-electron chi connectivity index (χ2n) is 4.58. The first kappa shape index (κ1) is 12.3. The minimum absolute atomic E-state index is 0.00163. The number of likely N-dealkylation sites (N-methyl/N-ethyl adjacent to an activating group) is 1. The molecule has 0 spiro atoms. The molecular weight excluding hydrogens is 216 g/mol. The Kier molecular flexibility index (Phi) is 4.34. The van der Waals surface area contributed by atoms with Gasteiger partial charge in [-0.1, -0.05) is 6.42 Å². The fourth-order valence-corrected chi connectivity index (χ4v) is 2.21. The summed E-state index contributed by atoms with van der Waals surface area (Å²) < 4.78 is 5.77. The molecule has 1 aliphatic heterocycles. The van der Waals surface area contributed by atoms with Crippen molar-refractivity contribution in [2.75, 3.05) is 20.2 Å². The lowest BCUT2D eigenvalue weighted by Crippen LogP contribution is -2.40. The smallest absolute Gasteiger partial charge is 0.143 e. The molecule has 1 unspecified atom stereocenters. The van der Waals surface area contributed by atoms with Crippen molar-refractivity contribution in [1.29, 1.82) is 0 Å². The van der Waals surface area contributed by atoms with Gasteiger partial charge in [0.25, 0.3) is 0 Å². The van der Waals surface area contributed by atoms with E-state index in [2.05, 4.69) is 16.9 Å². The summed E-state index contributed by atoms with van der Waals surface area (Å²) in [5.41, 5.74) is 0.804. The first-order chi connectivity index (χ1) is 8.31. The van der Waals surface area contributed by atoms with Crippen LogP contribution >= 0.6 is 0 Å². The number of aliphatic hydroxyl groups is 1. The van der Waals surface area contributed by atoms with E-state index >= 15 is 0 Å². The van der Waals surface area contributed by atoms with E-state index in [0.29, 0.717) is 18.4 Å². The van der Waals surface area contributed by atoms with Gasteiger partial charge in [-0.15, -0.1) is 0 Å². The zero-order valence-electron chi connectivity index (χ0n) is 10.3. The largest absolute Gasteiger partial charge is 0.490 e. The Morgan fingerprint density at radius 1 is 1.53 bits per heavy atom. The van der Waals surface area contributed by atoms with Crippen LogP contribution in [0, 0.1) is 0 Å². The standard InChI is InChI=1S/C13H20N2O2/c1-15-7-3-2-4-12(15)10-17-13-8-14-6-5-11(13)9-16/h5-6,8,12,16H,2-4,7,9-10H2,1H3. The van der Waals surface area contributed by atoms with Crippen LogP contribution in [-0.2, 0) is 6.61 Å². The molecule has 0 radical (unpaired) electrons. The third-order valence-electron chi connectivity index (χ3n) is 3.39. The number of piperidine rings is 1. The maximum atomic E-state index is 9.19. The fraction of sp³-hybridized carbons (Fsp3) is 0.615. The molecule has 1 atom stereocenters. The first-order valence-electron chi connectivity index (χ1n) is 6.18. The highest BCUT2D eigenvalue weighted by molar-refractivity contribution is 5.28. The summed E-state index contributed by atoms with van der Waals surface area (Å²) in [5.74, 6) is 0.703. The molecule has 2 heterocycles. The van der Waals surface area contributed by atoms with Gasteiger partial charge in [-0.3, -0.25) is 4.98 Å². The molecule has 4 nitrogen and oxygen atoms in total. The molecule has 1 saturated heterocycles. The van der Waals surface area contributed by atoms with Crippen LogP contribution in [0.5, 0.6) is 5.75 Å². The third kappa shape index (κ3) is 3.17. The number of nitrogens with zero attached hydrogens (tertiary/aromatic N) is 2. The first-order valence-corrected chi connectivity index (χ1v) is 6.18. The van der Waals surface area contributed by atoms with Gasteiger partial charge in [-0.05, 0) is 32.5 Å². The zero-order chi connectivity index (χ0) is 12.1. The van der Waals surface area contributed by atoms with Gasteiger partial charge in [-0.2, -0.15) is 0 Å². The highest BCUT2D eigenvalue weighted by Crippen LogP contribution is 2.19. The highest BCUT2D eigenvalue weighted by atomic mass is 16.5. The average Bonchev–Trinajstić information content (AvgIpc) is 2.38. The maximum Gasteiger partial charge on any atom is 0.143 e. The second kappa shape index (κ2) is 5.98. The van der Waals surface area contributed by atoms with Crippen molar-refractivity contribution in [2.45, 2.75) is 31.9 Å². The molecule has 94 valence electrons. The Hall–Kier alpha value is -1.13. The van der Waals surface area contributed by atoms with E-state index in [1.54, 1.807) is 18.5 Å². The lowest BCUT2D eigenvalue weighted by molar-refractivity contribution is 0.123. The number of likely N-dealkylation sites (tertiary alicyclic amines) is 1. The van der Waals surface area contributed by atoms with Gasteiger partial charge in [0, 0.05) is 17.8 Å². The van der Waals surface area contributed by atoms with Gasteiger partial charge in [0.15, 0.2) is 0 Å². The van der Waals surface area contributed by atoms with Gasteiger partial charge in [0.2, 0.25) is 0 Å². The van der Waals surface area contributed by atoms with Crippen LogP contribution in [0.3, 0.4) is 0 Å². The number of ether oxygens (including phenoxy) is 1. The van der Waals surface area contributed by atoms with E-state index in [0.717, 1.165) is 12.1 Å². The molecule has 2 rings (SSSR count). The Labute approximate surface area is 102 Å². The average molecular weight is 236 g/mol. The topological polar surface area (TPSA) is 45.6 Å². The molecule has 0 aromatic carbocycles. The normalized spacial score (nSPS) is 21.4. The van der Waals surface area contributed by atoms with Crippen LogP contribution in [-0.4, -0.2) is 41.2 Å². The van der Waals surface area contributed by atoms with Crippen molar-refractivity contribution in [3.63, 3.8) is 0 Å². The van der Waals surface area contributed by atoms with Crippen LogP contribution in [0.4, 0.5) is 0 Å². The van der Waals surface area contributed by atoms with E-state index in [-0.39, 0.29) is 6.61 Å². The second-order valence-corrected chi connectivity index (χ2v) is 4.58. The van der Waals surface area contributed by atoms with Crippen LogP contribution in [0.2, 0.25) is 0 Å². The molecule has 0 aliphatic carbocycles. The third-order valence-corrected chi connectivity index (χ3v) is 3.39. The Morgan fingerprint density at radius 2 is 2.41 bits per heavy atom. The molecule has 1 N–H and O–H groups in total. The predicted molar refractivity (Wildman–Crippen MR) is 65.9 cm³/mol. The number of hydrogen-bond donors (Lipinski definition) is 1. The molecule has 0 amide bonds. The minimum atomic E-state index is -0.00163. The van der Waals surface area contributed by atoms with E-state index in [9.17, 15) is 5.11 Å². The predicted octanol–water partition coefficient (Wildman–Crippen LogP) is 1.44. The number of hydrogen-bond acceptors (Lipinski definition) is 4. The molecule has 1 aromatic heterocycles. The zero-order valence-corrected chi connectivity index (χ0v) is 10.3. The molecule has 0 bridgehead atoms. The van der Waals surface area contributed by atoms with Gasteiger partial charge >= 0.3 is 0 Å². The van der Waals surface area contributed by atoms with Crippen LogP contribution in [0.25, 0.3) is 0 Å². The summed E-state index contributed by atoms with van der Waals surface area (Å²) in [7, 11) is 2.14. The Morgan fingerprint density at radius 3 is 3.18 bits per heavy atom. The van der Waals surface area contributed by atoms with Crippen LogP contribution < -0.4 is 4.74 Å². The van der Waals surface area contributed by atoms with Crippen LogP contribution in [0.1, 0.15) is 24.8 Å². The summed E-state index contributed by atoms with van der Waals surface area (Å²) in [4.78, 5) is 6.37. The van der Waals surface area contributed by atoms with Crippen molar-refractivity contribution < 1.29 is 9.84 Å². The van der Waals surface area contributed by atoms with Crippen molar-refractivity contribution in [3.8, 4) is 5.75 Å². The molecule has 1 aromatic rings. The molecule has 1 aliphatic rings. The summed E-state index contributed by atoms with van der Waals surface area (Å²) in [6.07, 6.45) is 7.09. The van der Waals surface area contributed by atoms with Crippen LogP contribution in [0.15, 0.2) is 18.5 Å². The monoisotopic (exact) mass is 236 g/mol. The number of aromatic nitrogens is 1. The molecule has 17 heavy (non-hydrogen) atoms. The number of pyridine rings is 1. The fourth-order valence-electron chi connectivity index (χ4n) is 2.21. The molecule has 4 heteroatoms. The lowest BCUT2D eigenvalue weighted by Gasteiger charge is -2.32. The summed E-state index contributed by atoms with van der Waals surface area (Å²) in [6, 6.07) is 2.27. The SMILES string of the molecule is CN1CCCCC1COc1cnccc1CO. The van der Waals surface area contributed by atoms with Gasteiger partial charge in [-0.25, -0.2) is 0 Å². The van der Waals surface area contributed by atoms with E-state index in [4.69, 9.17) is 4.74 Å². The number of rotatable bonds is 4. The summed E-state index contributed by atoms with van der Waals surface area (Å²) in [6.45, 7) is 1.82. The Balaban J connectivity index is 1.92. The Bertz CT molecular complexity index is 357. The highest BCUT2D eigenvalue weighted by Gasteiger charge is 2.19. The molecule has 1 fully saturated rings. The molecule has 0 saturated carbocycles. The molecular formula is C13H20N2O2. The van der Waals surface area contributed by atoms with Gasteiger partial charge in [0.1, 0.15) is 12.4 Å². The van der Waals surface area contributed by atoms with Crippen molar-refractivity contribution >= 4 is 0 Å². The van der Waals surface area contributed by atoms with Crippen molar-refractivity contribution in [1.82, 2.24) is 9.88 Å².